The lowest BCUT2D eigenvalue weighted by Crippen LogP contribution is -2.19. The molecule has 8 nitrogen and oxygen atoms in total. The van der Waals surface area contributed by atoms with E-state index in [9.17, 15) is 19.2 Å². The average Bonchev–Trinajstić information content (AvgIpc) is 2.58. The smallest absolute Gasteiger partial charge is 0.349 e. The number of hydrogen-bond donors (Lipinski definition) is 0. The zero-order valence-electron chi connectivity index (χ0n) is 13.1. The first-order valence-corrected chi connectivity index (χ1v) is 6.87. The minimum absolute atomic E-state index is 0.0209. The maximum absolute atomic E-state index is 11.7. The first kappa shape index (κ1) is 18.9. The quantitative estimate of drug-likeness (QED) is 0.315. The predicted octanol–water partition coefficient (Wildman–Crippen LogP) is 1.04. The number of benzene rings is 1. The summed E-state index contributed by atoms with van der Waals surface area (Å²) in [6.07, 6.45) is 1.71. The summed E-state index contributed by atoms with van der Waals surface area (Å²) < 4.78 is 18.7. The van der Waals surface area contributed by atoms with Crippen molar-refractivity contribution in [1.82, 2.24) is 0 Å². The van der Waals surface area contributed by atoms with Crippen molar-refractivity contribution in [2.75, 3.05) is 20.3 Å². The Balaban J connectivity index is 2.54. The molecule has 0 atom stereocenters. The number of methoxy groups -OCH3 is 1. The minimum atomic E-state index is -0.916. The number of rotatable bonds is 7. The van der Waals surface area contributed by atoms with Gasteiger partial charge in [-0.05, 0) is 19.1 Å². The molecule has 0 aromatic heterocycles. The molecule has 24 heavy (non-hydrogen) atoms. The number of ether oxygens (including phenoxy) is 4. The molecule has 0 bridgehead atoms. The van der Waals surface area contributed by atoms with Crippen molar-refractivity contribution in [1.29, 1.82) is 0 Å². The molecule has 1 aromatic rings. The van der Waals surface area contributed by atoms with Gasteiger partial charge < -0.3 is 18.9 Å². The summed E-state index contributed by atoms with van der Waals surface area (Å²) in [5, 5.41) is 0. The molecule has 0 amide bonds. The van der Waals surface area contributed by atoms with Gasteiger partial charge in [-0.2, -0.15) is 0 Å². The molecule has 1 rings (SSSR count). The van der Waals surface area contributed by atoms with Crippen LogP contribution in [0.4, 0.5) is 0 Å². The van der Waals surface area contributed by atoms with E-state index in [0.29, 0.717) is 0 Å². The summed E-state index contributed by atoms with van der Waals surface area (Å²) in [6, 6.07) is 5.95. The Morgan fingerprint density at radius 1 is 1.00 bits per heavy atom. The van der Waals surface area contributed by atoms with E-state index < -0.39 is 30.5 Å². The van der Waals surface area contributed by atoms with E-state index in [0.717, 1.165) is 12.2 Å². The molecule has 0 aliphatic heterocycles. The van der Waals surface area contributed by atoms with E-state index in [-0.39, 0.29) is 17.9 Å². The zero-order chi connectivity index (χ0) is 17.9. The van der Waals surface area contributed by atoms with Crippen molar-refractivity contribution in [2.24, 2.45) is 0 Å². The van der Waals surface area contributed by atoms with Gasteiger partial charge in [-0.1, -0.05) is 12.1 Å². The Morgan fingerprint density at radius 2 is 1.62 bits per heavy atom. The lowest BCUT2D eigenvalue weighted by atomic mass is 10.2. The Bertz CT molecular complexity index is 647. The van der Waals surface area contributed by atoms with Gasteiger partial charge in [-0.3, -0.25) is 0 Å². The number of carbonyl (C=O) groups excluding carboxylic acids is 4. The molecule has 0 heterocycles. The van der Waals surface area contributed by atoms with E-state index in [4.69, 9.17) is 4.74 Å². The molecule has 0 saturated carbocycles. The molecule has 0 saturated heterocycles. The van der Waals surface area contributed by atoms with Crippen LogP contribution in [0.15, 0.2) is 36.4 Å². The van der Waals surface area contributed by atoms with E-state index in [2.05, 4.69) is 14.2 Å². The summed E-state index contributed by atoms with van der Waals surface area (Å²) in [5.74, 6) is -3.21. The third-order valence-corrected chi connectivity index (χ3v) is 2.49. The molecule has 128 valence electrons. The SMILES string of the molecule is CCOC(=O)C=CC(=O)OCC(=O)Oc1ccccc1C(=O)OC. The van der Waals surface area contributed by atoms with E-state index in [1.165, 1.54) is 19.2 Å². The van der Waals surface area contributed by atoms with Gasteiger partial charge in [-0.25, -0.2) is 19.2 Å². The summed E-state index contributed by atoms with van der Waals surface area (Å²) in [4.78, 5) is 45.5. The van der Waals surface area contributed by atoms with Crippen LogP contribution in [-0.4, -0.2) is 44.2 Å². The number of esters is 4. The van der Waals surface area contributed by atoms with Gasteiger partial charge in [0, 0.05) is 12.2 Å². The van der Waals surface area contributed by atoms with Crippen LogP contribution in [-0.2, 0) is 28.6 Å². The predicted molar refractivity (Wildman–Crippen MR) is 80.1 cm³/mol. The van der Waals surface area contributed by atoms with Gasteiger partial charge >= 0.3 is 23.9 Å². The highest BCUT2D eigenvalue weighted by atomic mass is 16.6. The van der Waals surface area contributed by atoms with Crippen LogP contribution in [0.2, 0.25) is 0 Å². The maximum Gasteiger partial charge on any atom is 0.349 e. The molecule has 1 aromatic carbocycles. The Hall–Kier alpha value is -3.16. The second-order valence-corrected chi connectivity index (χ2v) is 4.15. The van der Waals surface area contributed by atoms with Crippen LogP contribution >= 0.6 is 0 Å². The lowest BCUT2D eigenvalue weighted by Gasteiger charge is -2.08. The fourth-order valence-electron chi connectivity index (χ4n) is 1.49. The van der Waals surface area contributed by atoms with Gasteiger partial charge in [0.05, 0.1) is 13.7 Å². The molecule has 8 heteroatoms. The average molecular weight is 336 g/mol. The summed E-state index contributed by atoms with van der Waals surface area (Å²) in [6.45, 7) is 1.10. The molecule has 0 aliphatic rings. The largest absolute Gasteiger partial charge is 0.465 e. The molecular formula is C16H16O8. The number of para-hydroxylation sites is 1. The van der Waals surface area contributed by atoms with Crippen molar-refractivity contribution >= 4 is 23.9 Å². The van der Waals surface area contributed by atoms with Crippen LogP contribution in [0.5, 0.6) is 5.75 Å². The standard InChI is InChI=1S/C16H16O8/c1-3-22-13(17)8-9-14(18)23-10-15(19)24-12-7-5-4-6-11(12)16(20)21-2/h4-9H,3,10H2,1-2H3. The van der Waals surface area contributed by atoms with E-state index in [1.54, 1.807) is 19.1 Å². The third-order valence-electron chi connectivity index (χ3n) is 2.49. The minimum Gasteiger partial charge on any atom is -0.465 e. The highest BCUT2D eigenvalue weighted by Gasteiger charge is 2.16. The van der Waals surface area contributed by atoms with Crippen LogP contribution in [0, 0.1) is 0 Å². The van der Waals surface area contributed by atoms with Crippen LogP contribution in [0.3, 0.4) is 0 Å². The second kappa shape index (κ2) is 9.78. The van der Waals surface area contributed by atoms with Crippen LogP contribution in [0.1, 0.15) is 17.3 Å². The van der Waals surface area contributed by atoms with Crippen molar-refractivity contribution in [3.63, 3.8) is 0 Å². The van der Waals surface area contributed by atoms with Crippen molar-refractivity contribution in [3.05, 3.63) is 42.0 Å². The maximum atomic E-state index is 11.7. The number of carbonyl (C=O) groups is 4. The molecule has 0 radical (unpaired) electrons. The second-order valence-electron chi connectivity index (χ2n) is 4.15. The summed E-state index contributed by atoms with van der Waals surface area (Å²) in [7, 11) is 1.19. The monoisotopic (exact) mass is 336 g/mol. The zero-order valence-corrected chi connectivity index (χ0v) is 13.1. The topological polar surface area (TPSA) is 105 Å². The normalized spacial score (nSPS) is 10.1. The first-order chi connectivity index (χ1) is 11.5. The van der Waals surface area contributed by atoms with E-state index in [1.807, 2.05) is 0 Å². The third kappa shape index (κ3) is 6.30. The molecule has 0 unspecified atom stereocenters. The highest BCUT2D eigenvalue weighted by molar-refractivity contribution is 5.94. The number of hydrogen-bond acceptors (Lipinski definition) is 8. The van der Waals surface area contributed by atoms with Crippen LogP contribution in [0.25, 0.3) is 0 Å². The summed E-state index contributed by atoms with van der Waals surface area (Å²) >= 11 is 0. The molecule has 0 fully saturated rings. The van der Waals surface area contributed by atoms with Crippen molar-refractivity contribution in [2.45, 2.75) is 6.92 Å². The van der Waals surface area contributed by atoms with Gasteiger partial charge in [-0.15, -0.1) is 0 Å². The lowest BCUT2D eigenvalue weighted by molar-refractivity contribution is -0.150. The fourth-order valence-corrected chi connectivity index (χ4v) is 1.49. The van der Waals surface area contributed by atoms with Gasteiger partial charge in [0.1, 0.15) is 11.3 Å². The Labute approximate surface area is 137 Å². The van der Waals surface area contributed by atoms with E-state index >= 15 is 0 Å². The highest BCUT2D eigenvalue weighted by Crippen LogP contribution is 2.18. The van der Waals surface area contributed by atoms with Gasteiger partial charge in [0.25, 0.3) is 0 Å². The fraction of sp³-hybridized carbons (Fsp3) is 0.250. The van der Waals surface area contributed by atoms with Crippen molar-refractivity contribution < 1.29 is 38.1 Å². The Morgan fingerprint density at radius 3 is 2.25 bits per heavy atom. The molecular weight excluding hydrogens is 320 g/mol. The first-order valence-electron chi connectivity index (χ1n) is 6.87. The van der Waals surface area contributed by atoms with Crippen molar-refractivity contribution in [3.8, 4) is 5.75 Å². The molecule has 0 aliphatic carbocycles. The molecule has 0 N–H and O–H groups in total. The van der Waals surface area contributed by atoms with Gasteiger partial charge in [0.2, 0.25) is 0 Å². The summed E-state index contributed by atoms with van der Waals surface area (Å²) in [5.41, 5.74) is 0.0573. The van der Waals surface area contributed by atoms with Crippen LogP contribution < -0.4 is 4.74 Å². The van der Waals surface area contributed by atoms with Gasteiger partial charge in [0.15, 0.2) is 6.61 Å². The molecule has 0 spiro atoms. The Kier molecular flexibility index (Phi) is 7.69.